The van der Waals surface area contributed by atoms with Gasteiger partial charge in [-0.15, -0.1) is 0 Å². The van der Waals surface area contributed by atoms with Crippen molar-refractivity contribution in [1.82, 2.24) is 0 Å². The molecule has 2 saturated carbocycles. The number of hydrogen-bond donors (Lipinski definition) is 1. The summed E-state index contributed by atoms with van der Waals surface area (Å²) in [7, 11) is 0. The Morgan fingerprint density at radius 1 is 1.31 bits per heavy atom. The highest BCUT2D eigenvalue weighted by Gasteiger charge is 2.41. The van der Waals surface area contributed by atoms with Crippen LogP contribution in [0.25, 0.3) is 0 Å². The predicted octanol–water partition coefficient (Wildman–Crippen LogP) is 2.93. The fourth-order valence-electron chi connectivity index (χ4n) is 3.67. The summed E-state index contributed by atoms with van der Waals surface area (Å²) in [6.07, 6.45) is 8.80. The van der Waals surface area contributed by atoms with Gasteiger partial charge in [0.15, 0.2) is 0 Å². The first-order chi connectivity index (χ1) is 7.66. The van der Waals surface area contributed by atoms with Crippen LogP contribution in [0.5, 0.6) is 0 Å². The van der Waals surface area contributed by atoms with Crippen molar-refractivity contribution in [3.8, 4) is 0 Å². The maximum Gasteiger partial charge on any atom is 0.133 e. The molecule has 1 N–H and O–H groups in total. The average molecular weight is 224 g/mol. The van der Waals surface area contributed by atoms with E-state index in [1.807, 2.05) is 6.92 Å². The fraction of sp³-hybridized carbons (Fsp3) is 0.929. The van der Waals surface area contributed by atoms with E-state index in [-0.39, 0.29) is 6.10 Å². The minimum absolute atomic E-state index is 0.149. The second-order valence-electron chi connectivity index (χ2n) is 5.84. The zero-order valence-corrected chi connectivity index (χ0v) is 10.3. The molecular weight excluding hydrogens is 200 g/mol. The summed E-state index contributed by atoms with van der Waals surface area (Å²) in [6.45, 7) is 1.86. The van der Waals surface area contributed by atoms with Crippen molar-refractivity contribution in [2.24, 2.45) is 17.8 Å². The molecule has 2 nitrogen and oxygen atoms in total. The third kappa shape index (κ3) is 2.85. The molecule has 2 aliphatic rings. The van der Waals surface area contributed by atoms with Crippen molar-refractivity contribution in [3.63, 3.8) is 0 Å². The number of fused-ring (bicyclic) bond motifs is 1. The number of aliphatic hydroxyl groups excluding tert-OH is 1. The number of aliphatic hydroxyl groups is 1. The average Bonchev–Trinajstić information content (AvgIpc) is 2.72. The molecule has 0 aromatic rings. The van der Waals surface area contributed by atoms with Gasteiger partial charge >= 0.3 is 0 Å². The van der Waals surface area contributed by atoms with Gasteiger partial charge in [-0.1, -0.05) is 19.3 Å². The molecule has 0 saturated heterocycles. The molecule has 0 spiro atoms. The third-order valence-electron chi connectivity index (χ3n) is 4.52. The van der Waals surface area contributed by atoms with Gasteiger partial charge in [0.1, 0.15) is 5.78 Å². The van der Waals surface area contributed by atoms with Crippen LogP contribution >= 0.6 is 0 Å². The van der Waals surface area contributed by atoms with Crippen molar-refractivity contribution < 1.29 is 9.90 Å². The lowest BCUT2D eigenvalue weighted by molar-refractivity contribution is -0.118. The first kappa shape index (κ1) is 12.1. The zero-order chi connectivity index (χ0) is 11.5. The second-order valence-corrected chi connectivity index (χ2v) is 5.84. The van der Waals surface area contributed by atoms with Gasteiger partial charge in [0, 0.05) is 12.8 Å². The van der Waals surface area contributed by atoms with Gasteiger partial charge in [-0.2, -0.15) is 0 Å². The van der Waals surface area contributed by atoms with E-state index in [0.717, 1.165) is 43.4 Å². The van der Waals surface area contributed by atoms with E-state index in [1.165, 1.54) is 25.7 Å². The van der Waals surface area contributed by atoms with Crippen molar-refractivity contribution in [2.75, 3.05) is 0 Å². The van der Waals surface area contributed by atoms with Gasteiger partial charge in [-0.3, -0.25) is 4.79 Å². The van der Waals surface area contributed by atoms with Crippen LogP contribution < -0.4 is 0 Å². The second kappa shape index (κ2) is 5.31. The van der Waals surface area contributed by atoms with Gasteiger partial charge in [-0.05, 0) is 43.9 Å². The molecule has 0 amide bonds. The van der Waals surface area contributed by atoms with E-state index >= 15 is 0 Å². The number of hydrogen-bond acceptors (Lipinski definition) is 2. The van der Waals surface area contributed by atoms with Gasteiger partial charge in [0.05, 0.1) is 6.10 Å². The van der Waals surface area contributed by atoms with Gasteiger partial charge in [-0.25, -0.2) is 0 Å². The number of rotatable bonds is 5. The van der Waals surface area contributed by atoms with E-state index in [9.17, 15) is 9.90 Å². The summed E-state index contributed by atoms with van der Waals surface area (Å²) < 4.78 is 0. The Morgan fingerprint density at radius 3 is 2.88 bits per heavy atom. The van der Waals surface area contributed by atoms with Crippen LogP contribution in [0.15, 0.2) is 0 Å². The summed E-state index contributed by atoms with van der Waals surface area (Å²) in [5.74, 6) is 2.77. The number of Topliss-reactive ketones (excluding diaryl/α,β-unsaturated/α-hetero) is 1. The number of unbranched alkanes of at least 4 members (excludes halogenated alkanes) is 1. The lowest BCUT2D eigenvalue weighted by Gasteiger charge is -2.17. The molecule has 0 bridgehead atoms. The summed E-state index contributed by atoms with van der Waals surface area (Å²) in [4.78, 5) is 11.4. The van der Waals surface area contributed by atoms with Crippen molar-refractivity contribution in [2.45, 2.75) is 64.4 Å². The Bertz CT molecular complexity index is 247. The fourth-order valence-corrected chi connectivity index (χ4v) is 3.67. The maximum absolute atomic E-state index is 11.4. The first-order valence-electron chi connectivity index (χ1n) is 6.86. The highest BCUT2D eigenvalue weighted by Crippen LogP contribution is 2.47. The summed E-state index contributed by atoms with van der Waals surface area (Å²) in [6, 6.07) is 0. The smallest absolute Gasteiger partial charge is 0.133 e. The zero-order valence-electron chi connectivity index (χ0n) is 10.3. The van der Waals surface area contributed by atoms with Crippen molar-refractivity contribution in [1.29, 1.82) is 0 Å². The van der Waals surface area contributed by atoms with E-state index < -0.39 is 0 Å². The molecule has 2 fully saturated rings. The number of carbonyl (C=O) groups is 1. The molecule has 92 valence electrons. The first-order valence-corrected chi connectivity index (χ1v) is 6.86. The Kier molecular flexibility index (Phi) is 4.01. The van der Waals surface area contributed by atoms with Crippen LogP contribution in [0, 0.1) is 17.8 Å². The van der Waals surface area contributed by atoms with Gasteiger partial charge in [0.25, 0.3) is 0 Å². The Balaban J connectivity index is 1.68. The maximum atomic E-state index is 11.4. The molecule has 2 aliphatic carbocycles. The van der Waals surface area contributed by atoms with Gasteiger partial charge < -0.3 is 5.11 Å². The molecule has 2 rings (SSSR count). The molecular formula is C14H24O2. The minimum atomic E-state index is -0.149. The minimum Gasteiger partial charge on any atom is -0.393 e. The van der Waals surface area contributed by atoms with Crippen LogP contribution in [0.4, 0.5) is 0 Å². The van der Waals surface area contributed by atoms with Crippen LogP contribution in [0.1, 0.15) is 58.3 Å². The Morgan fingerprint density at radius 2 is 2.12 bits per heavy atom. The standard InChI is InChI=1S/C14H24O2/c1-10(15)4-2-3-5-11-6-7-12-8-13(16)9-14(11)12/h10-12,14-15H,2-9H2,1H3. The van der Waals surface area contributed by atoms with Crippen LogP contribution in [-0.4, -0.2) is 17.0 Å². The largest absolute Gasteiger partial charge is 0.393 e. The molecule has 16 heavy (non-hydrogen) atoms. The SMILES string of the molecule is CC(O)CCCCC1CCC2CC(=O)CC12. The number of ketones is 1. The molecule has 0 heterocycles. The molecule has 4 atom stereocenters. The topological polar surface area (TPSA) is 37.3 Å². The summed E-state index contributed by atoms with van der Waals surface area (Å²) >= 11 is 0. The summed E-state index contributed by atoms with van der Waals surface area (Å²) in [5, 5.41) is 9.18. The predicted molar refractivity (Wildman–Crippen MR) is 64.1 cm³/mol. The third-order valence-corrected chi connectivity index (χ3v) is 4.52. The molecule has 2 heteroatoms. The highest BCUT2D eigenvalue weighted by atomic mass is 16.3. The van der Waals surface area contributed by atoms with Gasteiger partial charge in [0.2, 0.25) is 0 Å². The van der Waals surface area contributed by atoms with E-state index in [2.05, 4.69) is 0 Å². The number of carbonyl (C=O) groups excluding carboxylic acids is 1. The van der Waals surface area contributed by atoms with Crippen LogP contribution in [-0.2, 0) is 4.79 Å². The Labute approximate surface area is 98.4 Å². The van der Waals surface area contributed by atoms with Crippen LogP contribution in [0.2, 0.25) is 0 Å². The van der Waals surface area contributed by atoms with Crippen molar-refractivity contribution in [3.05, 3.63) is 0 Å². The molecule has 4 unspecified atom stereocenters. The van der Waals surface area contributed by atoms with E-state index in [4.69, 9.17) is 0 Å². The summed E-state index contributed by atoms with van der Waals surface area (Å²) in [5.41, 5.74) is 0. The molecule has 0 aliphatic heterocycles. The lowest BCUT2D eigenvalue weighted by Crippen LogP contribution is -2.10. The quantitative estimate of drug-likeness (QED) is 0.729. The Hall–Kier alpha value is -0.370. The monoisotopic (exact) mass is 224 g/mol. The molecule has 0 radical (unpaired) electrons. The molecule has 0 aromatic heterocycles. The normalized spacial score (nSPS) is 35.4. The lowest BCUT2D eigenvalue weighted by atomic mass is 9.88. The van der Waals surface area contributed by atoms with Crippen LogP contribution in [0.3, 0.4) is 0 Å². The van der Waals surface area contributed by atoms with Crippen molar-refractivity contribution >= 4 is 5.78 Å². The van der Waals surface area contributed by atoms with E-state index in [0.29, 0.717) is 5.78 Å². The molecule has 0 aromatic carbocycles. The highest BCUT2D eigenvalue weighted by molar-refractivity contribution is 5.81. The van der Waals surface area contributed by atoms with E-state index in [1.54, 1.807) is 0 Å².